The topological polar surface area (TPSA) is 26.3 Å². The van der Waals surface area contributed by atoms with Gasteiger partial charge in [-0.15, -0.1) is 12.6 Å². The summed E-state index contributed by atoms with van der Waals surface area (Å²) < 4.78 is 4.87. The van der Waals surface area contributed by atoms with E-state index < -0.39 is 0 Å². The van der Waals surface area contributed by atoms with Gasteiger partial charge in [0.1, 0.15) is 0 Å². The van der Waals surface area contributed by atoms with Crippen LogP contribution in [-0.2, 0) is 9.53 Å². The van der Waals surface area contributed by atoms with Crippen LogP contribution in [0.2, 0.25) is 0 Å². The Morgan fingerprint density at radius 1 is 1.40 bits per heavy atom. The molecule has 15 heavy (non-hydrogen) atoms. The number of hydrogen-bond donors (Lipinski definition) is 1. The van der Waals surface area contributed by atoms with E-state index in [1.165, 1.54) is 5.56 Å². The molecule has 3 heteroatoms. The van der Waals surface area contributed by atoms with Crippen LogP contribution < -0.4 is 0 Å². The zero-order valence-electron chi connectivity index (χ0n) is 9.01. The van der Waals surface area contributed by atoms with E-state index in [1.807, 2.05) is 25.1 Å². The van der Waals surface area contributed by atoms with Gasteiger partial charge in [0.25, 0.3) is 6.47 Å². The minimum absolute atomic E-state index is 0.0505. The van der Waals surface area contributed by atoms with Crippen LogP contribution in [0.15, 0.2) is 29.2 Å². The summed E-state index contributed by atoms with van der Waals surface area (Å²) in [7, 11) is 0. The first-order valence-corrected chi connectivity index (χ1v) is 5.47. The molecule has 0 aliphatic heterocycles. The highest BCUT2D eigenvalue weighted by molar-refractivity contribution is 7.80. The fourth-order valence-corrected chi connectivity index (χ4v) is 2.06. The molecule has 0 fully saturated rings. The SMILES string of the molecule is CC(CC(C)c1ccccc1S)OC=O. The highest BCUT2D eigenvalue weighted by atomic mass is 32.1. The lowest BCUT2D eigenvalue weighted by atomic mass is 9.95. The second-order valence-electron chi connectivity index (χ2n) is 3.74. The van der Waals surface area contributed by atoms with Crippen molar-refractivity contribution in [1.82, 2.24) is 0 Å². The smallest absolute Gasteiger partial charge is 0.293 e. The van der Waals surface area contributed by atoms with Crippen LogP contribution in [0.5, 0.6) is 0 Å². The molecule has 2 unspecified atom stereocenters. The molecular formula is C12H16O2S. The first kappa shape index (κ1) is 12.1. The molecule has 82 valence electrons. The number of carbonyl (C=O) groups is 1. The lowest BCUT2D eigenvalue weighted by Crippen LogP contribution is -2.11. The van der Waals surface area contributed by atoms with Crippen molar-refractivity contribution in [1.29, 1.82) is 0 Å². The Hall–Kier alpha value is -0.960. The summed E-state index contributed by atoms with van der Waals surface area (Å²) in [4.78, 5) is 11.2. The van der Waals surface area contributed by atoms with E-state index in [2.05, 4.69) is 25.6 Å². The third-order valence-electron chi connectivity index (χ3n) is 2.44. The van der Waals surface area contributed by atoms with Crippen LogP contribution in [0, 0.1) is 0 Å². The first-order valence-electron chi connectivity index (χ1n) is 5.02. The monoisotopic (exact) mass is 224 g/mol. The van der Waals surface area contributed by atoms with Crippen molar-refractivity contribution in [3.05, 3.63) is 29.8 Å². The maximum absolute atomic E-state index is 10.2. The minimum Gasteiger partial charge on any atom is -0.465 e. The molecule has 1 rings (SSSR count). The van der Waals surface area contributed by atoms with Crippen LogP contribution >= 0.6 is 12.6 Å². The molecule has 0 radical (unpaired) electrons. The average molecular weight is 224 g/mol. The Morgan fingerprint density at radius 3 is 2.67 bits per heavy atom. The zero-order chi connectivity index (χ0) is 11.3. The molecular weight excluding hydrogens is 208 g/mol. The molecule has 0 spiro atoms. The first-order chi connectivity index (χ1) is 7.15. The summed E-state index contributed by atoms with van der Waals surface area (Å²) >= 11 is 4.40. The fraction of sp³-hybridized carbons (Fsp3) is 0.417. The van der Waals surface area contributed by atoms with Gasteiger partial charge in [-0.2, -0.15) is 0 Å². The summed E-state index contributed by atoms with van der Waals surface area (Å²) in [5, 5.41) is 0. The minimum atomic E-state index is -0.0505. The van der Waals surface area contributed by atoms with E-state index in [-0.39, 0.29) is 6.10 Å². The summed E-state index contributed by atoms with van der Waals surface area (Å²) in [6, 6.07) is 7.99. The summed E-state index contributed by atoms with van der Waals surface area (Å²) in [5.74, 6) is 0.341. The van der Waals surface area contributed by atoms with Crippen LogP contribution in [0.25, 0.3) is 0 Å². The van der Waals surface area contributed by atoms with Crippen molar-refractivity contribution < 1.29 is 9.53 Å². The van der Waals surface area contributed by atoms with Gasteiger partial charge in [0.15, 0.2) is 0 Å². The lowest BCUT2D eigenvalue weighted by Gasteiger charge is -2.17. The maximum atomic E-state index is 10.2. The van der Waals surface area contributed by atoms with Crippen molar-refractivity contribution in [3.8, 4) is 0 Å². The number of carbonyl (C=O) groups excluding carboxylic acids is 1. The summed E-state index contributed by atoms with van der Waals surface area (Å²) in [5.41, 5.74) is 1.20. The molecule has 0 N–H and O–H groups in total. The van der Waals surface area contributed by atoms with Gasteiger partial charge < -0.3 is 4.74 Å². The van der Waals surface area contributed by atoms with Crippen LogP contribution in [-0.4, -0.2) is 12.6 Å². The molecule has 0 amide bonds. The van der Waals surface area contributed by atoms with E-state index in [4.69, 9.17) is 4.74 Å². The van der Waals surface area contributed by atoms with Gasteiger partial charge in [-0.25, -0.2) is 0 Å². The molecule has 2 atom stereocenters. The van der Waals surface area contributed by atoms with E-state index in [1.54, 1.807) is 0 Å². The average Bonchev–Trinajstić information content (AvgIpc) is 2.18. The van der Waals surface area contributed by atoms with Crippen LogP contribution in [0.4, 0.5) is 0 Å². The highest BCUT2D eigenvalue weighted by Crippen LogP contribution is 2.26. The van der Waals surface area contributed by atoms with Gasteiger partial charge in [-0.1, -0.05) is 25.1 Å². The van der Waals surface area contributed by atoms with Crippen molar-refractivity contribution in [2.24, 2.45) is 0 Å². The molecule has 0 bridgehead atoms. The number of rotatable bonds is 5. The normalized spacial score (nSPS) is 14.3. The zero-order valence-corrected chi connectivity index (χ0v) is 9.91. The molecule has 0 heterocycles. The van der Waals surface area contributed by atoms with Gasteiger partial charge in [-0.3, -0.25) is 4.79 Å². The Labute approximate surface area is 96.1 Å². The fourth-order valence-electron chi connectivity index (χ4n) is 1.68. The number of ether oxygens (including phenoxy) is 1. The molecule has 2 nitrogen and oxygen atoms in total. The largest absolute Gasteiger partial charge is 0.465 e. The number of benzene rings is 1. The van der Waals surface area contributed by atoms with Gasteiger partial charge in [0, 0.05) is 4.90 Å². The van der Waals surface area contributed by atoms with E-state index in [0.29, 0.717) is 12.4 Å². The van der Waals surface area contributed by atoms with Crippen molar-refractivity contribution in [3.63, 3.8) is 0 Å². The standard InChI is InChI=1S/C12H16O2S/c1-9(7-10(2)14-8-13)11-5-3-4-6-12(11)15/h3-6,8-10,15H,7H2,1-2H3. The maximum Gasteiger partial charge on any atom is 0.293 e. The Balaban J connectivity index is 2.64. The lowest BCUT2D eigenvalue weighted by molar-refractivity contribution is -0.133. The summed E-state index contributed by atoms with van der Waals surface area (Å²) in [6.07, 6.45) is 0.765. The third-order valence-corrected chi connectivity index (χ3v) is 2.85. The van der Waals surface area contributed by atoms with Crippen molar-refractivity contribution >= 4 is 19.1 Å². The van der Waals surface area contributed by atoms with Gasteiger partial charge in [0.2, 0.25) is 0 Å². The van der Waals surface area contributed by atoms with E-state index >= 15 is 0 Å². The van der Waals surface area contributed by atoms with Crippen molar-refractivity contribution in [2.75, 3.05) is 0 Å². The Bertz CT molecular complexity index is 325. The van der Waals surface area contributed by atoms with Crippen LogP contribution in [0.3, 0.4) is 0 Å². The van der Waals surface area contributed by atoms with E-state index in [0.717, 1.165) is 11.3 Å². The predicted octanol–water partition coefficient (Wildman–Crippen LogP) is 3.03. The molecule has 0 aliphatic rings. The van der Waals surface area contributed by atoms with Gasteiger partial charge >= 0.3 is 0 Å². The Kier molecular flexibility index (Phi) is 4.69. The number of hydrogen-bond acceptors (Lipinski definition) is 3. The molecule has 1 aromatic rings. The van der Waals surface area contributed by atoms with Gasteiger partial charge in [-0.05, 0) is 30.9 Å². The van der Waals surface area contributed by atoms with Crippen LogP contribution in [0.1, 0.15) is 31.7 Å². The number of thiol groups is 1. The second-order valence-corrected chi connectivity index (χ2v) is 4.22. The second kappa shape index (κ2) is 5.81. The molecule has 0 aromatic heterocycles. The van der Waals surface area contributed by atoms with E-state index in [9.17, 15) is 4.79 Å². The van der Waals surface area contributed by atoms with Gasteiger partial charge in [0.05, 0.1) is 6.10 Å². The summed E-state index contributed by atoms with van der Waals surface area (Å²) in [6.45, 7) is 4.51. The Morgan fingerprint density at radius 2 is 2.07 bits per heavy atom. The third kappa shape index (κ3) is 3.59. The molecule has 0 aliphatic carbocycles. The quantitative estimate of drug-likeness (QED) is 0.614. The molecule has 0 saturated carbocycles. The molecule has 0 saturated heterocycles. The molecule has 1 aromatic carbocycles. The predicted molar refractivity (Wildman–Crippen MR) is 63.3 cm³/mol. The highest BCUT2D eigenvalue weighted by Gasteiger charge is 2.12. The van der Waals surface area contributed by atoms with Crippen molar-refractivity contribution in [2.45, 2.75) is 37.2 Å².